The summed E-state index contributed by atoms with van der Waals surface area (Å²) in [6.45, 7) is 8.04. The monoisotopic (exact) mass is 493 g/mol. The minimum absolute atomic E-state index is 0.229. The van der Waals surface area contributed by atoms with E-state index in [0.29, 0.717) is 28.9 Å². The Morgan fingerprint density at radius 3 is 2.59 bits per heavy atom. The summed E-state index contributed by atoms with van der Waals surface area (Å²) in [5, 5.41) is 6.55. The lowest BCUT2D eigenvalue weighted by molar-refractivity contribution is 0.102. The number of fused-ring (bicyclic) bond motifs is 2. The number of nitrogens with zero attached hydrogens (tertiary/aromatic N) is 5. The van der Waals surface area contributed by atoms with E-state index in [1.54, 1.807) is 12.4 Å². The topological polar surface area (TPSA) is 87.5 Å². The van der Waals surface area contributed by atoms with E-state index < -0.39 is 0 Å². The molecule has 0 saturated carbocycles. The average molecular weight is 494 g/mol. The van der Waals surface area contributed by atoms with E-state index in [0.717, 1.165) is 40.1 Å². The Bertz CT molecular complexity index is 1320. The number of imidazole rings is 1. The van der Waals surface area contributed by atoms with Gasteiger partial charge in [0.05, 0.1) is 27.1 Å². The van der Waals surface area contributed by atoms with Crippen LogP contribution in [0.15, 0.2) is 47.5 Å². The zero-order chi connectivity index (χ0) is 22.4. The van der Waals surface area contributed by atoms with Crippen LogP contribution in [0.25, 0.3) is 16.7 Å². The molecule has 2 N–H and O–H groups in total. The largest absolute Gasteiger partial charge is 0.367 e. The molecule has 2 atom stereocenters. The van der Waals surface area contributed by atoms with E-state index in [-0.39, 0.29) is 5.91 Å². The van der Waals surface area contributed by atoms with Gasteiger partial charge in [0, 0.05) is 50.0 Å². The molecule has 4 aromatic rings. The molecule has 0 spiro atoms. The molecule has 1 fully saturated rings. The average Bonchev–Trinajstić information content (AvgIpc) is 3.13. The lowest BCUT2D eigenvalue weighted by Gasteiger charge is -2.38. The van der Waals surface area contributed by atoms with Crippen molar-refractivity contribution in [2.24, 2.45) is 0 Å². The van der Waals surface area contributed by atoms with E-state index in [1.165, 1.54) is 0 Å². The van der Waals surface area contributed by atoms with Crippen molar-refractivity contribution in [3.8, 4) is 0 Å². The lowest BCUT2D eigenvalue weighted by Crippen LogP contribution is -2.54. The summed E-state index contributed by atoms with van der Waals surface area (Å²) < 4.78 is 2.70. The Balaban J connectivity index is 1.50. The lowest BCUT2D eigenvalue weighted by atomic mass is 10.1. The molecule has 32 heavy (non-hydrogen) atoms. The van der Waals surface area contributed by atoms with Crippen LogP contribution >= 0.6 is 15.9 Å². The maximum Gasteiger partial charge on any atom is 0.257 e. The number of amides is 1. The van der Waals surface area contributed by atoms with Gasteiger partial charge in [0.15, 0.2) is 5.65 Å². The third-order valence-electron chi connectivity index (χ3n) is 5.63. The molecule has 0 unspecified atom stereocenters. The second-order valence-electron chi connectivity index (χ2n) is 8.40. The van der Waals surface area contributed by atoms with Gasteiger partial charge >= 0.3 is 0 Å². The van der Waals surface area contributed by atoms with Gasteiger partial charge in [-0.1, -0.05) is 0 Å². The maximum absolute atomic E-state index is 13.2. The highest BCUT2D eigenvalue weighted by molar-refractivity contribution is 9.10. The van der Waals surface area contributed by atoms with E-state index in [2.05, 4.69) is 60.3 Å². The number of piperazine rings is 1. The van der Waals surface area contributed by atoms with Crippen molar-refractivity contribution in [2.75, 3.05) is 23.3 Å². The molecule has 1 aliphatic rings. The third kappa shape index (κ3) is 3.82. The SMILES string of the molecule is Cc1cn2cc(NC(=O)c3ccc(N4C[C@H](C)N[C@@H](C)C4)c4nccnc34)cc(Br)c2n1. The van der Waals surface area contributed by atoms with Crippen molar-refractivity contribution < 1.29 is 4.79 Å². The van der Waals surface area contributed by atoms with Crippen LogP contribution in [0, 0.1) is 6.92 Å². The van der Waals surface area contributed by atoms with Gasteiger partial charge in [0.1, 0.15) is 11.0 Å². The number of anilines is 2. The number of halogens is 1. The van der Waals surface area contributed by atoms with Crippen LogP contribution in [-0.4, -0.2) is 50.4 Å². The number of aromatic nitrogens is 4. The summed E-state index contributed by atoms with van der Waals surface area (Å²) in [7, 11) is 0. The van der Waals surface area contributed by atoms with Crippen molar-refractivity contribution in [3.63, 3.8) is 0 Å². The normalized spacial score (nSPS) is 18.9. The van der Waals surface area contributed by atoms with Crippen LogP contribution in [0.2, 0.25) is 0 Å². The van der Waals surface area contributed by atoms with Gasteiger partial charge < -0.3 is 19.9 Å². The van der Waals surface area contributed by atoms with Crippen molar-refractivity contribution in [1.29, 1.82) is 0 Å². The summed E-state index contributed by atoms with van der Waals surface area (Å²) >= 11 is 3.54. The molecule has 9 heteroatoms. The Morgan fingerprint density at radius 2 is 1.84 bits per heavy atom. The first-order valence-electron chi connectivity index (χ1n) is 10.6. The number of pyridine rings is 1. The van der Waals surface area contributed by atoms with Crippen LogP contribution in [0.5, 0.6) is 0 Å². The van der Waals surface area contributed by atoms with E-state index in [4.69, 9.17) is 0 Å². The number of benzene rings is 1. The highest BCUT2D eigenvalue weighted by Gasteiger charge is 2.24. The van der Waals surface area contributed by atoms with Gasteiger partial charge in [-0.3, -0.25) is 14.8 Å². The second kappa shape index (κ2) is 8.14. The predicted molar refractivity (Wildman–Crippen MR) is 129 cm³/mol. The highest BCUT2D eigenvalue weighted by Crippen LogP contribution is 2.29. The minimum Gasteiger partial charge on any atom is -0.367 e. The summed E-state index contributed by atoms with van der Waals surface area (Å²) in [6.07, 6.45) is 7.07. The molecule has 1 aliphatic heterocycles. The van der Waals surface area contributed by atoms with Crippen molar-refractivity contribution in [3.05, 3.63) is 58.7 Å². The number of hydrogen-bond donors (Lipinski definition) is 2. The molecule has 1 aromatic carbocycles. The smallest absolute Gasteiger partial charge is 0.257 e. The zero-order valence-electron chi connectivity index (χ0n) is 18.1. The zero-order valence-corrected chi connectivity index (χ0v) is 19.7. The summed E-state index contributed by atoms with van der Waals surface area (Å²) in [6, 6.07) is 6.41. The summed E-state index contributed by atoms with van der Waals surface area (Å²) in [5.41, 5.74) is 5.21. The quantitative estimate of drug-likeness (QED) is 0.451. The van der Waals surface area contributed by atoms with Crippen molar-refractivity contribution >= 4 is 49.9 Å². The molecule has 0 radical (unpaired) electrons. The van der Waals surface area contributed by atoms with Crippen molar-refractivity contribution in [1.82, 2.24) is 24.7 Å². The number of aryl methyl sites for hydroxylation is 1. The molecule has 0 bridgehead atoms. The number of nitrogens with one attached hydrogen (secondary N) is 2. The van der Waals surface area contributed by atoms with Crippen LogP contribution in [0.4, 0.5) is 11.4 Å². The third-order valence-corrected chi connectivity index (χ3v) is 6.21. The fourth-order valence-corrected chi connectivity index (χ4v) is 4.99. The number of rotatable bonds is 3. The standard InChI is InChI=1S/C23H24BrN7O/c1-13-9-30(10-14(2)27-13)19-5-4-17(20-21(19)26-7-6-25-20)23(32)29-16-8-18(24)22-28-15(3)11-31(22)12-16/h4-8,11-14,27H,9-10H2,1-3H3,(H,29,32)/t13-,14-/m0/s1. The first kappa shape index (κ1) is 20.8. The van der Waals surface area contributed by atoms with Crippen LogP contribution in [0.3, 0.4) is 0 Å². The van der Waals surface area contributed by atoms with Gasteiger partial charge in [-0.2, -0.15) is 0 Å². The number of hydrogen-bond acceptors (Lipinski definition) is 6. The van der Waals surface area contributed by atoms with Crippen LogP contribution < -0.4 is 15.5 Å². The van der Waals surface area contributed by atoms with Gasteiger partial charge in [-0.15, -0.1) is 0 Å². The van der Waals surface area contributed by atoms with Gasteiger partial charge in [0.25, 0.3) is 5.91 Å². The highest BCUT2D eigenvalue weighted by atomic mass is 79.9. The fraction of sp³-hybridized carbons (Fsp3) is 0.304. The molecule has 8 nitrogen and oxygen atoms in total. The van der Waals surface area contributed by atoms with Crippen molar-refractivity contribution in [2.45, 2.75) is 32.9 Å². The van der Waals surface area contributed by atoms with Crippen LogP contribution in [0.1, 0.15) is 29.9 Å². The first-order valence-corrected chi connectivity index (χ1v) is 11.4. The molecule has 1 saturated heterocycles. The Morgan fingerprint density at radius 1 is 1.12 bits per heavy atom. The first-order chi connectivity index (χ1) is 15.4. The van der Waals surface area contributed by atoms with E-state index in [9.17, 15) is 4.79 Å². The second-order valence-corrected chi connectivity index (χ2v) is 9.26. The molecule has 1 amide bonds. The molecule has 5 rings (SSSR count). The Hall–Kier alpha value is -3.04. The molecule has 3 aromatic heterocycles. The van der Waals surface area contributed by atoms with E-state index in [1.807, 2.05) is 41.9 Å². The fourth-order valence-electron chi connectivity index (χ4n) is 4.45. The number of carbonyl (C=O) groups is 1. The van der Waals surface area contributed by atoms with Gasteiger partial charge in [-0.05, 0) is 54.9 Å². The Labute approximate surface area is 194 Å². The molecular weight excluding hydrogens is 470 g/mol. The molecular formula is C23H24BrN7O. The van der Waals surface area contributed by atoms with Crippen LogP contribution in [-0.2, 0) is 0 Å². The molecule has 4 heterocycles. The molecule has 164 valence electrons. The summed E-state index contributed by atoms with van der Waals surface area (Å²) in [5.74, 6) is -0.229. The van der Waals surface area contributed by atoms with Gasteiger partial charge in [-0.25, -0.2) is 4.98 Å². The maximum atomic E-state index is 13.2. The van der Waals surface area contributed by atoms with E-state index >= 15 is 0 Å². The summed E-state index contributed by atoms with van der Waals surface area (Å²) in [4.78, 5) is 29.1. The van der Waals surface area contributed by atoms with Gasteiger partial charge in [0.2, 0.25) is 0 Å². The minimum atomic E-state index is -0.229. The molecule has 0 aliphatic carbocycles. The predicted octanol–water partition coefficient (Wildman–Crippen LogP) is 3.79. The Kier molecular flexibility index (Phi) is 5.30. The number of carbonyl (C=O) groups excluding carboxylic acids is 1.